The van der Waals surface area contributed by atoms with Crippen molar-refractivity contribution in [3.8, 4) is 0 Å². The third-order valence-electron chi connectivity index (χ3n) is 1.80. The molecule has 0 bridgehead atoms. The molecule has 6 heteroatoms. The molecule has 16 heavy (non-hydrogen) atoms. The van der Waals surface area contributed by atoms with E-state index in [1.165, 1.54) is 0 Å². The fraction of sp³-hybridized carbons (Fsp3) is 0.600. The maximum absolute atomic E-state index is 11.3. The summed E-state index contributed by atoms with van der Waals surface area (Å²) in [5.74, 6) is -0.137. The Bertz CT molecular complexity index is 328. The summed E-state index contributed by atoms with van der Waals surface area (Å²) in [4.78, 5) is 15.5. The van der Waals surface area contributed by atoms with Crippen LogP contribution in [0.5, 0.6) is 0 Å². The summed E-state index contributed by atoms with van der Waals surface area (Å²) in [7, 11) is 1.59. The minimum absolute atomic E-state index is 0.0620. The standard InChI is InChI=1S/C10H16N2O3S/c1-8-12-9(7-16-8)5-11-10(13)6-15-4-3-14-2/h7H,3-6H2,1-2H3,(H,11,13). The zero-order valence-electron chi connectivity index (χ0n) is 9.49. The van der Waals surface area contributed by atoms with Crippen molar-refractivity contribution < 1.29 is 14.3 Å². The van der Waals surface area contributed by atoms with Gasteiger partial charge in [-0.2, -0.15) is 0 Å². The summed E-state index contributed by atoms with van der Waals surface area (Å²) in [5.41, 5.74) is 0.882. The Balaban J connectivity index is 2.10. The fourth-order valence-electron chi connectivity index (χ4n) is 1.04. The Labute approximate surface area is 98.8 Å². The van der Waals surface area contributed by atoms with Gasteiger partial charge in [-0.3, -0.25) is 4.79 Å². The van der Waals surface area contributed by atoms with Crippen LogP contribution in [-0.2, 0) is 20.8 Å². The monoisotopic (exact) mass is 244 g/mol. The maximum Gasteiger partial charge on any atom is 0.246 e. The molecule has 1 amide bonds. The van der Waals surface area contributed by atoms with Gasteiger partial charge in [-0.15, -0.1) is 11.3 Å². The summed E-state index contributed by atoms with van der Waals surface area (Å²) in [5, 5.41) is 5.66. The van der Waals surface area contributed by atoms with E-state index in [2.05, 4.69) is 10.3 Å². The van der Waals surface area contributed by atoms with Crippen molar-refractivity contribution in [1.29, 1.82) is 0 Å². The van der Waals surface area contributed by atoms with E-state index in [0.717, 1.165) is 10.7 Å². The molecule has 0 aliphatic heterocycles. The van der Waals surface area contributed by atoms with Crippen LogP contribution in [0.15, 0.2) is 5.38 Å². The molecule has 0 aliphatic carbocycles. The SMILES string of the molecule is COCCOCC(=O)NCc1csc(C)n1. The van der Waals surface area contributed by atoms with Crippen LogP contribution in [0.3, 0.4) is 0 Å². The van der Waals surface area contributed by atoms with E-state index in [-0.39, 0.29) is 12.5 Å². The Kier molecular flexibility index (Phi) is 5.99. The average Bonchev–Trinajstić information content (AvgIpc) is 2.68. The van der Waals surface area contributed by atoms with Gasteiger partial charge in [-0.25, -0.2) is 4.98 Å². The van der Waals surface area contributed by atoms with Crippen LogP contribution in [0.2, 0.25) is 0 Å². The molecule has 90 valence electrons. The number of methoxy groups -OCH3 is 1. The third-order valence-corrected chi connectivity index (χ3v) is 2.62. The van der Waals surface area contributed by atoms with E-state index < -0.39 is 0 Å². The van der Waals surface area contributed by atoms with Gasteiger partial charge in [0, 0.05) is 12.5 Å². The van der Waals surface area contributed by atoms with Crippen LogP contribution in [0.25, 0.3) is 0 Å². The van der Waals surface area contributed by atoms with Crippen LogP contribution in [0.4, 0.5) is 0 Å². The molecular weight excluding hydrogens is 228 g/mol. The molecule has 0 saturated carbocycles. The highest BCUT2D eigenvalue weighted by atomic mass is 32.1. The molecule has 0 spiro atoms. The van der Waals surface area contributed by atoms with E-state index in [0.29, 0.717) is 19.8 Å². The van der Waals surface area contributed by atoms with E-state index in [9.17, 15) is 4.79 Å². The van der Waals surface area contributed by atoms with Gasteiger partial charge in [0.05, 0.1) is 30.5 Å². The van der Waals surface area contributed by atoms with Gasteiger partial charge in [-0.1, -0.05) is 0 Å². The number of amides is 1. The first kappa shape index (κ1) is 13.1. The highest BCUT2D eigenvalue weighted by Gasteiger charge is 2.03. The quantitative estimate of drug-likeness (QED) is 0.718. The van der Waals surface area contributed by atoms with Crippen LogP contribution >= 0.6 is 11.3 Å². The second kappa shape index (κ2) is 7.32. The first-order valence-electron chi connectivity index (χ1n) is 4.96. The van der Waals surface area contributed by atoms with Crippen LogP contribution in [0, 0.1) is 6.92 Å². The van der Waals surface area contributed by atoms with Crippen molar-refractivity contribution in [2.75, 3.05) is 26.9 Å². The number of hydrogen-bond donors (Lipinski definition) is 1. The van der Waals surface area contributed by atoms with E-state index in [1.54, 1.807) is 18.4 Å². The molecule has 1 heterocycles. The van der Waals surface area contributed by atoms with Gasteiger partial charge in [0.2, 0.25) is 5.91 Å². The predicted octanol–water partition coefficient (Wildman–Crippen LogP) is 0.731. The molecule has 1 aromatic heterocycles. The molecule has 0 aromatic carbocycles. The molecular formula is C10H16N2O3S. The summed E-state index contributed by atoms with van der Waals surface area (Å²) in [6.07, 6.45) is 0. The first-order valence-corrected chi connectivity index (χ1v) is 5.84. The lowest BCUT2D eigenvalue weighted by Gasteiger charge is -2.04. The highest BCUT2D eigenvalue weighted by Crippen LogP contribution is 2.06. The zero-order valence-corrected chi connectivity index (χ0v) is 10.3. The molecule has 0 radical (unpaired) electrons. The molecule has 0 unspecified atom stereocenters. The number of hydrogen-bond acceptors (Lipinski definition) is 5. The van der Waals surface area contributed by atoms with Gasteiger partial charge in [-0.05, 0) is 6.92 Å². The van der Waals surface area contributed by atoms with E-state index in [4.69, 9.17) is 9.47 Å². The normalized spacial score (nSPS) is 10.4. The summed E-state index contributed by atoms with van der Waals surface area (Å²) < 4.78 is 9.86. The van der Waals surface area contributed by atoms with E-state index in [1.807, 2.05) is 12.3 Å². The van der Waals surface area contributed by atoms with Crippen molar-refractivity contribution in [3.63, 3.8) is 0 Å². The van der Waals surface area contributed by atoms with Crippen molar-refractivity contribution in [1.82, 2.24) is 10.3 Å². The number of ether oxygens (including phenoxy) is 2. The second-order valence-corrected chi connectivity index (χ2v) is 4.24. The fourth-order valence-corrected chi connectivity index (χ4v) is 1.65. The van der Waals surface area contributed by atoms with Crippen molar-refractivity contribution in [3.05, 3.63) is 16.1 Å². The Morgan fingerprint density at radius 3 is 3.00 bits per heavy atom. The third kappa shape index (κ3) is 5.20. The number of carbonyl (C=O) groups is 1. The first-order chi connectivity index (χ1) is 7.72. The number of nitrogens with one attached hydrogen (secondary N) is 1. The van der Waals surface area contributed by atoms with Crippen LogP contribution in [0.1, 0.15) is 10.7 Å². The highest BCUT2D eigenvalue weighted by molar-refractivity contribution is 7.09. The van der Waals surface area contributed by atoms with Crippen molar-refractivity contribution >= 4 is 17.2 Å². The summed E-state index contributed by atoms with van der Waals surface area (Å²) >= 11 is 1.57. The van der Waals surface area contributed by atoms with Gasteiger partial charge < -0.3 is 14.8 Å². The molecule has 0 aliphatic rings. The Morgan fingerprint density at radius 1 is 1.56 bits per heavy atom. The molecule has 5 nitrogen and oxygen atoms in total. The predicted molar refractivity (Wildman–Crippen MR) is 61.4 cm³/mol. The largest absolute Gasteiger partial charge is 0.382 e. The maximum atomic E-state index is 11.3. The molecule has 0 saturated heterocycles. The number of rotatable bonds is 7. The molecule has 1 aromatic rings. The Morgan fingerprint density at radius 2 is 2.38 bits per heavy atom. The topological polar surface area (TPSA) is 60.5 Å². The van der Waals surface area contributed by atoms with Crippen molar-refractivity contribution in [2.45, 2.75) is 13.5 Å². The number of carbonyl (C=O) groups excluding carboxylic acids is 1. The number of aromatic nitrogens is 1. The number of aryl methyl sites for hydroxylation is 1. The number of nitrogens with zero attached hydrogens (tertiary/aromatic N) is 1. The Hall–Kier alpha value is -0.980. The van der Waals surface area contributed by atoms with Gasteiger partial charge >= 0.3 is 0 Å². The molecule has 1 rings (SSSR count). The molecule has 0 atom stereocenters. The van der Waals surface area contributed by atoms with E-state index >= 15 is 0 Å². The van der Waals surface area contributed by atoms with Crippen molar-refractivity contribution in [2.24, 2.45) is 0 Å². The van der Waals surface area contributed by atoms with Crippen LogP contribution < -0.4 is 5.32 Å². The molecule has 1 N–H and O–H groups in total. The molecule has 0 fully saturated rings. The number of thiazole rings is 1. The average molecular weight is 244 g/mol. The smallest absolute Gasteiger partial charge is 0.246 e. The van der Waals surface area contributed by atoms with Gasteiger partial charge in [0.25, 0.3) is 0 Å². The second-order valence-electron chi connectivity index (χ2n) is 3.18. The zero-order chi connectivity index (χ0) is 11.8. The summed E-state index contributed by atoms with van der Waals surface area (Å²) in [6.45, 7) is 3.38. The summed E-state index contributed by atoms with van der Waals surface area (Å²) in [6, 6.07) is 0. The van der Waals surface area contributed by atoms with Crippen LogP contribution in [-0.4, -0.2) is 37.8 Å². The lowest BCUT2D eigenvalue weighted by atomic mass is 10.4. The van der Waals surface area contributed by atoms with Gasteiger partial charge in [0.1, 0.15) is 6.61 Å². The van der Waals surface area contributed by atoms with Gasteiger partial charge in [0.15, 0.2) is 0 Å². The minimum atomic E-state index is -0.137. The lowest BCUT2D eigenvalue weighted by molar-refractivity contribution is -0.126. The minimum Gasteiger partial charge on any atom is -0.382 e. The lowest BCUT2D eigenvalue weighted by Crippen LogP contribution is -2.27.